The maximum Gasteiger partial charge on any atom is 0.378 e. The lowest BCUT2D eigenvalue weighted by Crippen LogP contribution is -2.08. The fourth-order valence-electron chi connectivity index (χ4n) is 1.98. The average molecular weight is 278 g/mol. The fourth-order valence-corrected chi connectivity index (χ4v) is 1.98. The Morgan fingerprint density at radius 1 is 1.30 bits per heavy atom. The number of aryl methyl sites for hydroxylation is 2. The number of aromatic nitrogens is 4. The van der Waals surface area contributed by atoms with Crippen LogP contribution in [-0.4, -0.2) is 43.7 Å². The molecule has 8 heteroatoms. The second-order valence-corrected chi connectivity index (χ2v) is 4.29. The van der Waals surface area contributed by atoms with Crippen molar-refractivity contribution in [1.29, 1.82) is 0 Å². The van der Waals surface area contributed by atoms with E-state index in [1.807, 2.05) is 0 Å². The minimum atomic E-state index is -0.877. The van der Waals surface area contributed by atoms with Crippen molar-refractivity contribution in [3.8, 4) is 0 Å². The SMILES string of the molecule is COC(=O)c1nc2nc(C)c(CCC(=O)O)c(C)n2n1. The van der Waals surface area contributed by atoms with Crippen molar-refractivity contribution >= 4 is 17.7 Å². The van der Waals surface area contributed by atoms with Gasteiger partial charge in [-0.15, -0.1) is 5.10 Å². The third kappa shape index (κ3) is 2.44. The molecule has 0 saturated carbocycles. The molecular formula is C12H14N4O4. The molecule has 8 nitrogen and oxygen atoms in total. The normalized spacial score (nSPS) is 10.8. The third-order valence-corrected chi connectivity index (χ3v) is 3.01. The van der Waals surface area contributed by atoms with Crippen molar-refractivity contribution in [1.82, 2.24) is 19.6 Å². The lowest BCUT2D eigenvalue weighted by Gasteiger charge is -2.08. The first-order valence-corrected chi connectivity index (χ1v) is 5.97. The van der Waals surface area contributed by atoms with E-state index in [4.69, 9.17) is 5.11 Å². The van der Waals surface area contributed by atoms with E-state index in [0.717, 1.165) is 11.3 Å². The molecule has 2 rings (SSSR count). The Bertz CT molecular complexity index is 692. The first kappa shape index (κ1) is 13.9. The predicted octanol–water partition coefficient (Wildman–Crippen LogP) is 0.545. The van der Waals surface area contributed by atoms with E-state index in [-0.39, 0.29) is 12.2 Å². The first-order valence-electron chi connectivity index (χ1n) is 5.97. The van der Waals surface area contributed by atoms with Crippen molar-refractivity contribution in [2.75, 3.05) is 7.11 Å². The van der Waals surface area contributed by atoms with Crippen LogP contribution in [0.1, 0.15) is 34.0 Å². The van der Waals surface area contributed by atoms with E-state index in [0.29, 0.717) is 17.9 Å². The second kappa shape index (κ2) is 5.24. The summed E-state index contributed by atoms with van der Waals surface area (Å²) >= 11 is 0. The number of carbonyl (C=O) groups excluding carboxylic acids is 1. The summed E-state index contributed by atoms with van der Waals surface area (Å²) in [5.41, 5.74) is 2.19. The van der Waals surface area contributed by atoms with Crippen molar-refractivity contribution in [2.45, 2.75) is 26.7 Å². The quantitative estimate of drug-likeness (QED) is 0.813. The van der Waals surface area contributed by atoms with Crippen LogP contribution < -0.4 is 0 Å². The lowest BCUT2D eigenvalue weighted by molar-refractivity contribution is -0.136. The molecule has 0 fully saturated rings. The number of carbonyl (C=O) groups is 2. The van der Waals surface area contributed by atoms with Crippen LogP contribution in [0, 0.1) is 13.8 Å². The Hall–Kier alpha value is -2.51. The smallest absolute Gasteiger partial charge is 0.378 e. The van der Waals surface area contributed by atoms with Gasteiger partial charge in [-0.25, -0.2) is 14.3 Å². The van der Waals surface area contributed by atoms with Gasteiger partial charge in [0.15, 0.2) is 0 Å². The van der Waals surface area contributed by atoms with Gasteiger partial charge in [0.05, 0.1) is 7.11 Å². The zero-order valence-corrected chi connectivity index (χ0v) is 11.4. The molecule has 0 bridgehead atoms. The van der Waals surface area contributed by atoms with Crippen LogP contribution in [0.3, 0.4) is 0 Å². The van der Waals surface area contributed by atoms with Gasteiger partial charge in [0, 0.05) is 17.8 Å². The molecule has 0 aromatic carbocycles. The standard InChI is InChI=1S/C12H14N4O4/c1-6-8(4-5-9(17)18)7(2)16-12(13-6)14-10(15-16)11(19)20-3/h4-5H2,1-3H3,(H,17,18). The van der Waals surface area contributed by atoms with Crippen LogP contribution in [0.15, 0.2) is 0 Å². The van der Waals surface area contributed by atoms with Crippen molar-refractivity contribution in [2.24, 2.45) is 0 Å². The summed E-state index contributed by atoms with van der Waals surface area (Å²) in [4.78, 5) is 30.3. The van der Waals surface area contributed by atoms with Gasteiger partial charge in [-0.3, -0.25) is 4.79 Å². The molecule has 0 saturated heterocycles. The summed E-state index contributed by atoms with van der Waals surface area (Å²) in [7, 11) is 1.25. The Labute approximate surface area is 114 Å². The predicted molar refractivity (Wildman–Crippen MR) is 67.6 cm³/mol. The molecule has 20 heavy (non-hydrogen) atoms. The monoisotopic (exact) mass is 278 g/mol. The molecule has 1 N–H and O–H groups in total. The van der Waals surface area contributed by atoms with Crippen LogP contribution in [-0.2, 0) is 16.0 Å². The van der Waals surface area contributed by atoms with Crippen LogP contribution in [0.4, 0.5) is 0 Å². The molecule has 2 aromatic heterocycles. The molecular weight excluding hydrogens is 264 g/mol. The Balaban J connectivity index is 2.50. The van der Waals surface area contributed by atoms with Crippen LogP contribution >= 0.6 is 0 Å². The number of carboxylic acids is 1. The van der Waals surface area contributed by atoms with Crippen LogP contribution in [0.2, 0.25) is 0 Å². The van der Waals surface area contributed by atoms with E-state index < -0.39 is 11.9 Å². The molecule has 2 aromatic rings. The van der Waals surface area contributed by atoms with Crippen molar-refractivity contribution in [3.05, 3.63) is 22.8 Å². The summed E-state index contributed by atoms with van der Waals surface area (Å²) in [6.45, 7) is 3.56. The fraction of sp³-hybridized carbons (Fsp3) is 0.417. The number of hydrogen-bond acceptors (Lipinski definition) is 6. The van der Waals surface area contributed by atoms with Crippen LogP contribution in [0.5, 0.6) is 0 Å². The van der Waals surface area contributed by atoms with Crippen molar-refractivity contribution < 1.29 is 19.4 Å². The molecule has 0 amide bonds. The number of rotatable bonds is 4. The molecule has 0 unspecified atom stereocenters. The zero-order chi connectivity index (χ0) is 14.9. The molecule has 0 radical (unpaired) electrons. The van der Waals surface area contributed by atoms with Gasteiger partial charge in [-0.05, 0) is 25.8 Å². The number of carboxylic acid groups (broad SMARTS) is 1. The van der Waals surface area contributed by atoms with Gasteiger partial charge in [-0.2, -0.15) is 4.98 Å². The largest absolute Gasteiger partial charge is 0.481 e. The minimum absolute atomic E-state index is 0.00736. The Morgan fingerprint density at radius 2 is 2.00 bits per heavy atom. The summed E-state index contributed by atoms with van der Waals surface area (Å²) in [5, 5.41) is 12.8. The zero-order valence-electron chi connectivity index (χ0n) is 11.4. The number of esters is 1. The highest BCUT2D eigenvalue weighted by Crippen LogP contribution is 2.15. The molecule has 2 heterocycles. The molecule has 0 atom stereocenters. The number of aliphatic carboxylic acids is 1. The highest BCUT2D eigenvalue weighted by atomic mass is 16.5. The Kier molecular flexibility index (Phi) is 3.64. The van der Waals surface area contributed by atoms with Crippen LogP contribution in [0.25, 0.3) is 5.78 Å². The molecule has 0 aliphatic carbocycles. The van der Waals surface area contributed by atoms with Gasteiger partial charge >= 0.3 is 11.9 Å². The van der Waals surface area contributed by atoms with E-state index in [2.05, 4.69) is 19.8 Å². The summed E-state index contributed by atoms with van der Waals surface area (Å²) < 4.78 is 5.99. The van der Waals surface area contributed by atoms with Crippen molar-refractivity contribution in [3.63, 3.8) is 0 Å². The molecule has 0 spiro atoms. The lowest BCUT2D eigenvalue weighted by atomic mass is 10.1. The molecule has 106 valence electrons. The van der Waals surface area contributed by atoms with Gasteiger partial charge in [0.1, 0.15) is 0 Å². The molecule has 0 aliphatic heterocycles. The maximum absolute atomic E-state index is 11.4. The van der Waals surface area contributed by atoms with Gasteiger partial charge in [0.25, 0.3) is 11.6 Å². The summed E-state index contributed by atoms with van der Waals surface area (Å²) in [6.07, 6.45) is 0.358. The number of methoxy groups -OCH3 is 1. The topological polar surface area (TPSA) is 107 Å². The summed E-state index contributed by atoms with van der Waals surface area (Å²) in [5.74, 6) is -1.30. The number of hydrogen-bond donors (Lipinski definition) is 1. The van der Waals surface area contributed by atoms with E-state index >= 15 is 0 Å². The second-order valence-electron chi connectivity index (χ2n) is 4.29. The van der Waals surface area contributed by atoms with Gasteiger partial charge in [0.2, 0.25) is 0 Å². The van der Waals surface area contributed by atoms with E-state index in [1.165, 1.54) is 11.6 Å². The van der Waals surface area contributed by atoms with E-state index in [9.17, 15) is 9.59 Å². The van der Waals surface area contributed by atoms with E-state index in [1.54, 1.807) is 13.8 Å². The highest BCUT2D eigenvalue weighted by molar-refractivity contribution is 5.85. The maximum atomic E-state index is 11.4. The van der Waals surface area contributed by atoms with Gasteiger partial charge in [-0.1, -0.05) is 0 Å². The van der Waals surface area contributed by atoms with Gasteiger partial charge < -0.3 is 9.84 Å². The minimum Gasteiger partial charge on any atom is -0.481 e. The summed E-state index contributed by atoms with van der Waals surface area (Å²) in [6, 6.07) is 0. The number of nitrogens with zero attached hydrogens (tertiary/aromatic N) is 4. The number of fused-ring (bicyclic) bond motifs is 1. The third-order valence-electron chi connectivity index (χ3n) is 3.01. The number of ether oxygens (including phenoxy) is 1. The highest BCUT2D eigenvalue weighted by Gasteiger charge is 2.18. The average Bonchev–Trinajstić information content (AvgIpc) is 2.81. The molecule has 0 aliphatic rings. The Morgan fingerprint density at radius 3 is 2.60 bits per heavy atom. The first-order chi connectivity index (χ1) is 9.43.